The number of carbonyl (C=O) groups is 1. The number of hydrogen-bond donors (Lipinski definition) is 0. The number of nitrogens with zero attached hydrogens (tertiary/aromatic N) is 3. The van der Waals surface area contributed by atoms with Crippen molar-refractivity contribution in [2.24, 2.45) is 0 Å². The van der Waals surface area contributed by atoms with Gasteiger partial charge in [0.1, 0.15) is 0 Å². The molecule has 2 heterocycles. The minimum Gasteiger partial charge on any atom is -0.331 e. The Morgan fingerprint density at radius 2 is 1.93 bits per heavy atom. The first-order valence-corrected chi connectivity index (χ1v) is 5.07. The molecule has 0 saturated carbocycles. The van der Waals surface area contributed by atoms with Crippen LogP contribution in [-0.2, 0) is 0 Å². The zero-order chi connectivity index (χ0) is 10.8. The minimum absolute atomic E-state index is 0.0799. The molecule has 1 aliphatic heterocycles. The van der Waals surface area contributed by atoms with Gasteiger partial charge in [-0.2, -0.15) is 0 Å². The van der Waals surface area contributed by atoms with Crippen molar-refractivity contribution in [2.45, 2.75) is 0 Å². The molecule has 78 valence electrons. The molecule has 0 aliphatic carbocycles. The maximum Gasteiger partial charge on any atom is 0.257 e. The van der Waals surface area contributed by atoms with Gasteiger partial charge in [-0.3, -0.25) is 4.79 Å². The molecule has 0 aromatic carbocycles. The molecule has 0 fully saturated rings. The van der Waals surface area contributed by atoms with E-state index in [1.54, 1.807) is 4.90 Å². The topological polar surface area (TPSA) is 46.1 Å². The number of hydrogen-bond acceptors (Lipinski definition) is 3. The molecule has 1 aliphatic rings. The van der Waals surface area contributed by atoms with E-state index in [1.165, 1.54) is 6.07 Å². The largest absolute Gasteiger partial charge is 0.331 e. The van der Waals surface area contributed by atoms with Crippen LogP contribution < -0.4 is 0 Å². The highest BCUT2D eigenvalue weighted by Gasteiger charge is 2.20. The van der Waals surface area contributed by atoms with Crippen LogP contribution in [0.5, 0.6) is 0 Å². The normalized spacial score (nSPS) is 14.7. The van der Waals surface area contributed by atoms with Gasteiger partial charge in [-0.25, -0.2) is 0 Å². The van der Waals surface area contributed by atoms with E-state index in [4.69, 9.17) is 23.2 Å². The predicted molar refractivity (Wildman–Crippen MR) is 57.1 cm³/mol. The zero-order valence-electron chi connectivity index (χ0n) is 7.65. The number of carbonyl (C=O) groups excluding carboxylic acids is 1. The maximum atomic E-state index is 11.9. The molecule has 2 rings (SSSR count). The van der Waals surface area contributed by atoms with Gasteiger partial charge in [0.15, 0.2) is 10.3 Å². The first kappa shape index (κ1) is 10.4. The third kappa shape index (κ3) is 2.11. The van der Waals surface area contributed by atoms with Gasteiger partial charge >= 0.3 is 0 Å². The first-order chi connectivity index (χ1) is 7.18. The second-order valence-electron chi connectivity index (χ2n) is 3.05. The third-order valence-electron chi connectivity index (χ3n) is 2.05. The summed E-state index contributed by atoms with van der Waals surface area (Å²) >= 11 is 11.4. The molecule has 0 N–H and O–H groups in total. The van der Waals surface area contributed by atoms with Crippen molar-refractivity contribution in [3.63, 3.8) is 0 Å². The second-order valence-corrected chi connectivity index (χ2v) is 3.80. The van der Waals surface area contributed by atoms with E-state index in [2.05, 4.69) is 10.2 Å². The molecule has 0 saturated heterocycles. The van der Waals surface area contributed by atoms with Crippen molar-refractivity contribution in [3.8, 4) is 0 Å². The Kier molecular flexibility index (Phi) is 2.88. The molecule has 0 unspecified atom stereocenters. The molecule has 15 heavy (non-hydrogen) atoms. The number of amides is 1. The zero-order valence-corrected chi connectivity index (χ0v) is 9.16. The molecule has 1 aromatic rings. The van der Waals surface area contributed by atoms with Gasteiger partial charge in [-0.15, -0.1) is 10.2 Å². The van der Waals surface area contributed by atoms with Crippen molar-refractivity contribution >= 4 is 29.1 Å². The van der Waals surface area contributed by atoms with Crippen molar-refractivity contribution < 1.29 is 4.79 Å². The van der Waals surface area contributed by atoms with Crippen molar-refractivity contribution in [1.29, 1.82) is 0 Å². The van der Waals surface area contributed by atoms with Crippen LogP contribution in [0.25, 0.3) is 0 Å². The Labute approximate surface area is 96.5 Å². The third-order valence-corrected chi connectivity index (χ3v) is 2.52. The Hall–Kier alpha value is -1.13. The van der Waals surface area contributed by atoms with E-state index >= 15 is 0 Å². The molecule has 0 atom stereocenters. The number of rotatable bonds is 1. The van der Waals surface area contributed by atoms with Crippen LogP contribution in [0.3, 0.4) is 0 Å². The Morgan fingerprint density at radius 3 is 2.60 bits per heavy atom. The SMILES string of the molecule is O=C(c1cc(Cl)nnc1Cl)N1CC=CC1. The smallest absolute Gasteiger partial charge is 0.257 e. The summed E-state index contributed by atoms with van der Waals surface area (Å²) in [7, 11) is 0. The molecule has 1 aromatic heterocycles. The van der Waals surface area contributed by atoms with Gasteiger partial charge < -0.3 is 4.90 Å². The molecular weight excluding hydrogens is 237 g/mol. The summed E-state index contributed by atoms with van der Waals surface area (Å²) in [4.78, 5) is 13.5. The lowest BCUT2D eigenvalue weighted by molar-refractivity contribution is 0.0799. The average Bonchev–Trinajstić information content (AvgIpc) is 2.74. The standard InChI is InChI=1S/C9H7Cl2N3O/c10-7-5-6(8(11)13-12-7)9(15)14-3-1-2-4-14/h1-2,5H,3-4H2. The fourth-order valence-electron chi connectivity index (χ4n) is 1.32. The molecule has 0 bridgehead atoms. The highest BCUT2D eigenvalue weighted by atomic mass is 35.5. The van der Waals surface area contributed by atoms with Gasteiger partial charge in [0.05, 0.1) is 5.56 Å². The Bertz CT molecular complexity index is 425. The second kappa shape index (κ2) is 4.16. The minimum atomic E-state index is -0.179. The van der Waals surface area contributed by atoms with Gasteiger partial charge in [0, 0.05) is 13.1 Å². The highest BCUT2D eigenvalue weighted by molar-refractivity contribution is 6.34. The van der Waals surface area contributed by atoms with E-state index in [0.717, 1.165) is 0 Å². The summed E-state index contributed by atoms with van der Waals surface area (Å²) in [5, 5.41) is 7.37. The number of aromatic nitrogens is 2. The molecule has 0 spiro atoms. The van der Waals surface area contributed by atoms with Crippen molar-refractivity contribution in [2.75, 3.05) is 13.1 Å². The van der Waals surface area contributed by atoms with E-state index in [0.29, 0.717) is 18.7 Å². The summed E-state index contributed by atoms with van der Waals surface area (Å²) in [6, 6.07) is 1.43. The van der Waals surface area contributed by atoms with Crippen molar-refractivity contribution in [1.82, 2.24) is 15.1 Å². The van der Waals surface area contributed by atoms with Crippen LogP contribution in [0.15, 0.2) is 18.2 Å². The van der Waals surface area contributed by atoms with Crippen LogP contribution in [0, 0.1) is 0 Å². The summed E-state index contributed by atoms with van der Waals surface area (Å²) in [6.45, 7) is 1.18. The lowest BCUT2D eigenvalue weighted by Crippen LogP contribution is -2.28. The maximum absolute atomic E-state index is 11.9. The predicted octanol–water partition coefficient (Wildman–Crippen LogP) is 1.80. The van der Waals surface area contributed by atoms with Crippen LogP contribution in [0.1, 0.15) is 10.4 Å². The van der Waals surface area contributed by atoms with Crippen LogP contribution in [0.4, 0.5) is 0 Å². The summed E-state index contributed by atoms with van der Waals surface area (Å²) in [5.41, 5.74) is 0.292. The van der Waals surface area contributed by atoms with Gasteiger partial charge in [-0.1, -0.05) is 35.4 Å². The van der Waals surface area contributed by atoms with Crippen LogP contribution in [-0.4, -0.2) is 34.1 Å². The molecule has 6 heteroatoms. The van der Waals surface area contributed by atoms with Crippen LogP contribution >= 0.6 is 23.2 Å². The van der Waals surface area contributed by atoms with Crippen LogP contribution in [0.2, 0.25) is 10.3 Å². The summed E-state index contributed by atoms with van der Waals surface area (Å²) in [5.74, 6) is -0.179. The highest BCUT2D eigenvalue weighted by Crippen LogP contribution is 2.18. The Morgan fingerprint density at radius 1 is 1.27 bits per heavy atom. The lowest BCUT2D eigenvalue weighted by atomic mass is 10.3. The average molecular weight is 244 g/mol. The van der Waals surface area contributed by atoms with E-state index < -0.39 is 0 Å². The number of halogens is 2. The summed E-state index contributed by atoms with van der Waals surface area (Å²) in [6.07, 6.45) is 3.84. The molecular formula is C9H7Cl2N3O. The lowest BCUT2D eigenvalue weighted by Gasteiger charge is -2.15. The van der Waals surface area contributed by atoms with Gasteiger partial charge in [0.25, 0.3) is 5.91 Å². The van der Waals surface area contributed by atoms with Gasteiger partial charge in [-0.05, 0) is 6.07 Å². The van der Waals surface area contributed by atoms with E-state index in [-0.39, 0.29) is 16.2 Å². The molecule has 0 radical (unpaired) electrons. The van der Waals surface area contributed by atoms with Gasteiger partial charge in [0.2, 0.25) is 0 Å². The molecule has 4 nitrogen and oxygen atoms in total. The first-order valence-electron chi connectivity index (χ1n) is 4.31. The fourth-order valence-corrected chi connectivity index (χ4v) is 1.64. The fraction of sp³-hybridized carbons (Fsp3) is 0.222. The van der Waals surface area contributed by atoms with E-state index in [1.807, 2.05) is 12.2 Å². The molecule has 1 amide bonds. The van der Waals surface area contributed by atoms with Crippen molar-refractivity contribution in [3.05, 3.63) is 34.1 Å². The monoisotopic (exact) mass is 243 g/mol. The quantitative estimate of drug-likeness (QED) is 0.707. The van der Waals surface area contributed by atoms with E-state index in [9.17, 15) is 4.79 Å². The summed E-state index contributed by atoms with van der Waals surface area (Å²) < 4.78 is 0. The Balaban J connectivity index is 2.28.